The molecule has 2 aromatic rings. The molecule has 2 aromatic carbocycles. The molecule has 1 atom stereocenters. The molecule has 1 spiro atoms. The summed E-state index contributed by atoms with van der Waals surface area (Å²) in [6.07, 6.45) is 2.29. The standard InChI is InChI=1S/C27H32N2O6/c1-26(2,3)35-25(33)28-11-8-17(9-12-28)10-13-29-20-7-5-4-6-18(20)27(24(29)32)16-34-23-15-22(31)21(30)14-19(23)27/h4-7,14-15,17,30-31H,8-13,16H2,1-3H3. The van der Waals surface area contributed by atoms with Gasteiger partial charge in [-0.05, 0) is 63.6 Å². The zero-order valence-corrected chi connectivity index (χ0v) is 20.4. The van der Waals surface area contributed by atoms with E-state index in [9.17, 15) is 19.8 Å². The number of benzene rings is 2. The van der Waals surface area contributed by atoms with Crippen molar-refractivity contribution in [2.45, 2.75) is 51.0 Å². The fourth-order valence-electron chi connectivity index (χ4n) is 5.46. The number of carbonyl (C=O) groups excluding carboxylic acids is 2. The lowest BCUT2D eigenvalue weighted by atomic mass is 9.77. The number of hydrogen-bond donors (Lipinski definition) is 2. The normalized spacial score (nSPS) is 21.7. The first kappa shape index (κ1) is 23.3. The third-order valence-electron chi connectivity index (χ3n) is 7.27. The van der Waals surface area contributed by atoms with E-state index in [1.54, 1.807) is 4.90 Å². The Balaban J connectivity index is 1.31. The summed E-state index contributed by atoms with van der Waals surface area (Å²) in [5.41, 5.74) is 0.752. The maximum Gasteiger partial charge on any atom is 0.410 e. The molecule has 3 aliphatic rings. The number of ether oxygens (including phenoxy) is 2. The fraction of sp³-hybridized carbons (Fsp3) is 0.481. The van der Waals surface area contributed by atoms with Crippen LogP contribution >= 0.6 is 0 Å². The third-order valence-corrected chi connectivity index (χ3v) is 7.27. The van der Waals surface area contributed by atoms with Gasteiger partial charge in [0.25, 0.3) is 0 Å². The minimum Gasteiger partial charge on any atom is -0.504 e. The van der Waals surface area contributed by atoms with E-state index in [-0.39, 0.29) is 30.1 Å². The Morgan fingerprint density at radius 1 is 1.11 bits per heavy atom. The van der Waals surface area contributed by atoms with Gasteiger partial charge in [0.2, 0.25) is 5.91 Å². The van der Waals surface area contributed by atoms with E-state index in [4.69, 9.17) is 9.47 Å². The zero-order valence-electron chi connectivity index (χ0n) is 20.4. The van der Waals surface area contributed by atoms with Crippen LogP contribution in [-0.4, -0.2) is 59.0 Å². The van der Waals surface area contributed by atoms with Gasteiger partial charge in [-0.25, -0.2) is 4.79 Å². The quantitative estimate of drug-likeness (QED) is 0.640. The summed E-state index contributed by atoms with van der Waals surface area (Å²) >= 11 is 0. The molecule has 1 saturated heterocycles. The maximum atomic E-state index is 13.9. The molecule has 2 N–H and O–H groups in total. The number of phenolic OH excluding ortho intramolecular Hbond substituents is 2. The molecule has 2 amide bonds. The van der Waals surface area contributed by atoms with Gasteiger partial charge in [-0.2, -0.15) is 0 Å². The van der Waals surface area contributed by atoms with E-state index >= 15 is 0 Å². The Kier molecular flexibility index (Phi) is 5.57. The fourth-order valence-corrected chi connectivity index (χ4v) is 5.46. The minimum atomic E-state index is -1.03. The van der Waals surface area contributed by atoms with Gasteiger partial charge in [0.1, 0.15) is 23.4 Å². The summed E-state index contributed by atoms with van der Waals surface area (Å²) in [7, 11) is 0. The first-order valence-corrected chi connectivity index (χ1v) is 12.2. The third kappa shape index (κ3) is 3.94. The van der Waals surface area contributed by atoms with Gasteiger partial charge in [-0.3, -0.25) is 4.79 Å². The number of phenols is 2. The molecule has 0 radical (unpaired) electrons. The second-order valence-electron chi connectivity index (χ2n) is 10.7. The van der Waals surface area contributed by atoms with Gasteiger partial charge in [0.05, 0.1) is 0 Å². The number of hydrogen-bond acceptors (Lipinski definition) is 6. The SMILES string of the molecule is CC(C)(C)OC(=O)N1CCC(CCN2C(=O)C3(COc4cc(O)c(O)cc43)c3ccccc32)CC1. The van der Waals surface area contributed by atoms with Crippen LogP contribution in [0.1, 0.15) is 51.2 Å². The highest BCUT2D eigenvalue weighted by Gasteiger charge is 2.57. The zero-order chi connectivity index (χ0) is 25.0. The second-order valence-corrected chi connectivity index (χ2v) is 10.7. The molecule has 3 aliphatic heterocycles. The Morgan fingerprint density at radius 2 is 1.80 bits per heavy atom. The summed E-state index contributed by atoms with van der Waals surface area (Å²) < 4.78 is 11.3. The van der Waals surface area contributed by atoms with Gasteiger partial charge in [-0.1, -0.05) is 18.2 Å². The number of amides is 2. The first-order valence-electron chi connectivity index (χ1n) is 12.2. The van der Waals surface area contributed by atoms with Crippen LogP contribution < -0.4 is 9.64 Å². The van der Waals surface area contributed by atoms with Crippen molar-refractivity contribution in [3.05, 3.63) is 47.5 Å². The van der Waals surface area contributed by atoms with Crippen molar-refractivity contribution in [3.63, 3.8) is 0 Å². The predicted octanol–water partition coefficient (Wildman–Crippen LogP) is 4.16. The van der Waals surface area contributed by atoms with Crippen molar-refractivity contribution in [2.24, 2.45) is 5.92 Å². The summed E-state index contributed by atoms with van der Waals surface area (Å²) in [6, 6.07) is 10.5. The van der Waals surface area contributed by atoms with Crippen molar-refractivity contribution in [1.29, 1.82) is 0 Å². The number of likely N-dealkylation sites (tertiary alicyclic amines) is 1. The lowest BCUT2D eigenvalue weighted by Crippen LogP contribution is -2.44. The van der Waals surface area contributed by atoms with Crippen LogP contribution in [0.5, 0.6) is 17.2 Å². The van der Waals surface area contributed by atoms with Gasteiger partial charge >= 0.3 is 6.09 Å². The molecule has 8 heteroatoms. The van der Waals surface area contributed by atoms with E-state index in [0.29, 0.717) is 36.9 Å². The van der Waals surface area contributed by atoms with Crippen molar-refractivity contribution in [2.75, 3.05) is 31.1 Å². The van der Waals surface area contributed by atoms with Crippen LogP contribution in [0.15, 0.2) is 36.4 Å². The number of fused-ring (bicyclic) bond motifs is 4. The van der Waals surface area contributed by atoms with E-state index in [1.165, 1.54) is 12.1 Å². The topological polar surface area (TPSA) is 99.5 Å². The highest BCUT2D eigenvalue weighted by Crippen LogP contribution is 2.54. The smallest absolute Gasteiger partial charge is 0.410 e. The number of piperidine rings is 1. The summed E-state index contributed by atoms with van der Waals surface area (Å²) in [5, 5.41) is 20.1. The first-order chi connectivity index (χ1) is 16.6. The monoisotopic (exact) mass is 480 g/mol. The lowest BCUT2D eigenvalue weighted by molar-refractivity contribution is -0.122. The van der Waals surface area contributed by atoms with E-state index in [0.717, 1.165) is 30.5 Å². The van der Waals surface area contributed by atoms with Gasteiger partial charge in [0.15, 0.2) is 11.5 Å². The lowest BCUT2D eigenvalue weighted by Gasteiger charge is -2.34. The number of nitrogens with zero attached hydrogens (tertiary/aromatic N) is 2. The number of rotatable bonds is 3. The molecular formula is C27H32N2O6. The van der Waals surface area contributed by atoms with Crippen molar-refractivity contribution >= 4 is 17.7 Å². The minimum absolute atomic E-state index is 0.0752. The molecule has 8 nitrogen and oxygen atoms in total. The Bertz CT molecular complexity index is 1160. The van der Waals surface area contributed by atoms with E-state index in [2.05, 4.69) is 0 Å². The predicted molar refractivity (Wildman–Crippen MR) is 130 cm³/mol. The highest BCUT2D eigenvalue weighted by atomic mass is 16.6. The molecule has 186 valence electrons. The van der Waals surface area contributed by atoms with Crippen molar-refractivity contribution < 1.29 is 29.3 Å². The van der Waals surface area contributed by atoms with E-state index < -0.39 is 11.0 Å². The van der Waals surface area contributed by atoms with Crippen LogP contribution in [0.3, 0.4) is 0 Å². The molecule has 5 rings (SSSR count). The number of carbonyl (C=O) groups is 2. The highest BCUT2D eigenvalue weighted by molar-refractivity contribution is 6.11. The summed E-state index contributed by atoms with van der Waals surface area (Å²) in [5.74, 6) is 0.204. The van der Waals surface area contributed by atoms with E-state index in [1.807, 2.05) is 49.9 Å². The second kappa shape index (κ2) is 8.36. The number of aromatic hydroxyl groups is 2. The molecular weight excluding hydrogens is 448 g/mol. The molecule has 35 heavy (non-hydrogen) atoms. The molecule has 0 saturated carbocycles. The Hall–Kier alpha value is -3.42. The molecule has 0 aliphatic carbocycles. The van der Waals surface area contributed by atoms with Gasteiger partial charge < -0.3 is 29.5 Å². The largest absolute Gasteiger partial charge is 0.504 e. The van der Waals surface area contributed by atoms with Crippen LogP contribution in [0, 0.1) is 5.92 Å². The molecule has 3 heterocycles. The maximum absolute atomic E-state index is 13.9. The van der Waals surface area contributed by atoms with Crippen LogP contribution in [0.25, 0.3) is 0 Å². The summed E-state index contributed by atoms with van der Waals surface area (Å²) in [4.78, 5) is 29.9. The molecule has 0 aromatic heterocycles. The van der Waals surface area contributed by atoms with Crippen LogP contribution in [-0.2, 0) is 14.9 Å². The average Bonchev–Trinajstić information content (AvgIpc) is 3.28. The number of anilines is 1. The molecule has 1 unspecified atom stereocenters. The van der Waals surface area contributed by atoms with Gasteiger partial charge in [0, 0.05) is 37.0 Å². The van der Waals surface area contributed by atoms with Gasteiger partial charge in [-0.15, -0.1) is 0 Å². The van der Waals surface area contributed by atoms with Crippen LogP contribution in [0.2, 0.25) is 0 Å². The summed E-state index contributed by atoms with van der Waals surface area (Å²) in [6.45, 7) is 7.60. The Labute approximate surface area is 205 Å². The molecule has 0 bridgehead atoms. The average molecular weight is 481 g/mol. The number of para-hydroxylation sites is 1. The molecule has 1 fully saturated rings. The Morgan fingerprint density at radius 3 is 2.51 bits per heavy atom. The van der Waals surface area contributed by atoms with Crippen molar-refractivity contribution in [1.82, 2.24) is 4.90 Å². The van der Waals surface area contributed by atoms with Crippen LogP contribution in [0.4, 0.5) is 10.5 Å². The van der Waals surface area contributed by atoms with Crippen molar-refractivity contribution in [3.8, 4) is 17.2 Å².